The van der Waals surface area contributed by atoms with Gasteiger partial charge in [0.25, 0.3) is 5.91 Å². The van der Waals surface area contributed by atoms with Crippen LogP contribution in [0.5, 0.6) is 5.75 Å². The predicted octanol–water partition coefficient (Wildman–Crippen LogP) is 6.22. The highest BCUT2D eigenvalue weighted by molar-refractivity contribution is 6.30. The first-order valence-electron chi connectivity index (χ1n) is 12.7. The first kappa shape index (κ1) is 30.6. The van der Waals surface area contributed by atoms with Crippen LogP contribution in [0.15, 0.2) is 60.8 Å². The third-order valence-corrected chi connectivity index (χ3v) is 6.54. The lowest BCUT2D eigenvalue weighted by Crippen LogP contribution is -2.54. The maximum Gasteiger partial charge on any atom is 0.407 e. The number of imidazole rings is 1. The Hall–Kier alpha value is -4.32. The van der Waals surface area contributed by atoms with Crippen molar-refractivity contribution in [1.29, 1.82) is 0 Å². The molecule has 2 aromatic heterocycles. The fourth-order valence-electron chi connectivity index (χ4n) is 4.27. The number of nitrogens with zero attached hydrogens (tertiary/aromatic N) is 2. The van der Waals surface area contributed by atoms with Gasteiger partial charge < -0.3 is 20.1 Å². The molecule has 2 aromatic carbocycles. The van der Waals surface area contributed by atoms with E-state index < -0.39 is 48.6 Å². The zero-order chi connectivity index (χ0) is 30.4. The molecule has 0 radical (unpaired) electrons. The topological polar surface area (TPSA) is 94.0 Å². The van der Waals surface area contributed by atoms with Crippen LogP contribution in [0.2, 0.25) is 5.02 Å². The van der Waals surface area contributed by atoms with Crippen LogP contribution in [-0.4, -0.2) is 39.9 Å². The molecule has 0 saturated heterocycles. The normalized spacial score (nSPS) is 12.7. The number of ether oxygens (including phenoxy) is 2. The van der Waals surface area contributed by atoms with E-state index in [0.717, 1.165) is 12.1 Å². The molecule has 1 unspecified atom stereocenters. The zero-order valence-electron chi connectivity index (χ0n) is 22.6. The van der Waals surface area contributed by atoms with E-state index in [0.29, 0.717) is 5.56 Å². The van der Waals surface area contributed by atoms with Gasteiger partial charge in [0.2, 0.25) is 6.43 Å². The van der Waals surface area contributed by atoms with E-state index in [4.69, 9.17) is 21.1 Å². The SMILES string of the molecule is Cc1nc2c(OCc3c(F)cccc3F)cc(Cl)cn2c1C(=O)NCC(C)(CC(F)F)NC(=O)OCc1ccccc1. The third kappa shape index (κ3) is 7.49. The lowest BCUT2D eigenvalue weighted by Gasteiger charge is -2.30. The Morgan fingerprint density at radius 3 is 2.43 bits per heavy atom. The molecule has 1 atom stereocenters. The second-order valence-corrected chi connectivity index (χ2v) is 10.2. The summed E-state index contributed by atoms with van der Waals surface area (Å²) in [6.07, 6.45) is -3.10. The number of aromatic nitrogens is 2. The largest absolute Gasteiger partial charge is 0.485 e. The van der Waals surface area contributed by atoms with Gasteiger partial charge in [0.05, 0.1) is 21.8 Å². The fraction of sp³-hybridized carbons (Fsp3) is 0.276. The second kappa shape index (κ2) is 13.1. The predicted molar refractivity (Wildman–Crippen MR) is 147 cm³/mol. The van der Waals surface area contributed by atoms with Crippen molar-refractivity contribution >= 4 is 29.2 Å². The van der Waals surface area contributed by atoms with Gasteiger partial charge in [0, 0.05) is 25.2 Å². The molecule has 2 amide bonds. The van der Waals surface area contributed by atoms with Crippen LogP contribution in [-0.2, 0) is 18.0 Å². The van der Waals surface area contributed by atoms with Crippen molar-refractivity contribution in [3.05, 3.63) is 100.0 Å². The van der Waals surface area contributed by atoms with E-state index in [1.54, 1.807) is 30.3 Å². The Balaban J connectivity index is 1.50. The van der Waals surface area contributed by atoms with Crippen molar-refractivity contribution < 1.29 is 36.6 Å². The summed E-state index contributed by atoms with van der Waals surface area (Å²) in [6, 6.07) is 13.6. The average molecular weight is 607 g/mol. The molecule has 0 bridgehead atoms. The molecule has 42 heavy (non-hydrogen) atoms. The second-order valence-electron chi connectivity index (χ2n) is 9.78. The minimum Gasteiger partial charge on any atom is -0.485 e. The van der Waals surface area contributed by atoms with E-state index in [9.17, 15) is 27.2 Å². The highest BCUT2D eigenvalue weighted by Crippen LogP contribution is 2.28. The van der Waals surface area contributed by atoms with Gasteiger partial charge in [0.15, 0.2) is 11.4 Å². The van der Waals surface area contributed by atoms with Gasteiger partial charge >= 0.3 is 6.09 Å². The summed E-state index contributed by atoms with van der Waals surface area (Å²) in [5.41, 5.74) is -0.771. The number of alkyl carbamates (subject to hydrolysis) is 1. The van der Waals surface area contributed by atoms with Crippen LogP contribution in [0, 0.1) is 18.6 Å². The lowest BCUT2D eigenvalue weighted by atomic mass is 9.98. The van der Waals surface area contributed by atoms with Gasteiger partial charge in [-0.3, -0.25) is 9.20 Å². The quantitative estimate of drug-likeness (QED) is 0.198. The molecule has 0 aliphatic rings. The molecule has 0 spiro atoms. The summed E-state index contributed by atoms with van der Waals surface area (Å²) in [5, 5.41) is 5.12. The molecule has 2 N–H and O–H groups in total. The summed E-state index contributed by atoms with van der Waals surface area (Å²) < 4.78 is 67.2. The Labute approximate surface area is 243 Å². The van der Waals surface area contributed by atoms with E-state index in [2.05, 4.69) is 15.6 Å². The monoisotopic (exact) mass is 606 g/mol. The Kier molecular flexibility index (Phi) is 9.56. The van der Waals surface area contributed by atoms with Gasteiger partial charge in [-0.1, -0.05) is 48.0 Å². The van der Waals surface area contributed by atoms with Crippen molar-refractivity contribution in [3.63, 3.8) is 0 Å². The van der Waals surface area contributed by atoms with Gasteiger partial charge in [-0.15, -0.1) is 0 Å². The van der Waals surface area contributed by atoms with E-state index in [1.165, 1.54) is 36.6 Å². The minimum atomic E-state index is -2.79. The van der Waals surface area contributed by atoms with Crippen LogP contribution in [0.3, 0.4) is 0 Å². The first-order chi connectivity index (χ1) is 20.0. The summed E-state index contributed by atoms with van der Waals surface area (Å²) in [5.74, 6) is -2.24. The summed E-state index contributed by atoms with van der Waals surface area (Å²) >= 11 is 6.24. The lowest BCUT2D eigenvalue weighted by molar-refractivity contribution is 0.0781. The van der Waals surface area contributed by atoms with Crippen molar-refractivity contribution in [3.8, 4) is 5.75 Å². The Bertz CT molecular complexity index is 1560. The molecule has 222 valence electrons. The van der Waals surface area contributed by atoms with Crippen LogP contribution in [0.4, 0.5) is 22.4 Å². The number of pyridine rings is 1. The fourth-order valence-corrected chi connectivity index (χ4v) is 4.47. The van der Waals surface area contributed by atoms with Gasteiger partial charge in [-0.05, 0) is 31.5 Å². The van der Waals surface area contributed by atoms with Crippen molar-refractivity contribution in [2.75, 3.05) is 6.54 Å². The standard InChI is InChI=1S/C29H27ClF4N4O4/c1-17-25(38-13-19(30)11-23(26(38)36-17)41-15-20-21(31)9-6-10-22(20)32)27(39)35-16-29(2,12-24(33)34)37-28(40)42-14-18-7-4-3-5-8-18/h3-11,13,24H,12,14-16H2,1-2H3,(H,35,39)(H,37,40). The number of aryl methyl sites for hydroxylation is 1. The summed E-state index contributed by atoms with van der Waals surface area (Å²) in [6.45, 7) is 1.97. The number of nitrogens with one attached hydrogen (secondary N) is 2. The van der Waals surface area contributed by atoms with Gasteiger partial charge in [0.1, 0.15) is 30.5 Å². The van der Waals surface area contributed by atoms with E-state index in [1.807, 2.05) is 0 Å². The smallest absolute Gasteiger partial charge is 0.407 e. The van der Waals surface area contributed by atoms with Crippen LogP contribution >= 0.6 is 11.6 Å². The number of alkyl halides is 2. The molecule has 4 rings (SSSR count). The molecule has 4 aromatic rings. The first-order valence-corrected chi connectivity index (χ1v) is 13.1. The molecule has 0 aliphatic heterocycles. The number of carbonyl (C=O) groups excluding carboxylic acids is 2. The van der Waals surface area contributed by atoms with Crippen LogP contribution < -0.4 is 15.4 Å². The average Bonchev–Trinajstić information content (AvgIpc) is 3.26. The molecule has 8 nitrogen and oxygen atoms in total. The third-order valence-electron chi connectivity index (χ3n) is 6.34. The summed E-state index contributed by atoms with van der Waals surface area (Å²) in [4.78, 5) is 30.0. The van der Waals surface area contributed by atoms with Crippen LogP contribution in [0.1, 0.15) is 40.7 Å². The van der Waals surface area contributed by atoms with E-state index in [-0.39, 0.29) is 46.5 Å². The molecular weight excluding hydrogens is 580 g/mol. The van der Waals surface area contributed by atoms with Crippen molar-refractivity contribution in [1.82, 2.24) is 20.0 Å². The minimum absolute atomic E-state index is 0.0143. The maximum absolute atomic E-state index is 14.1. The number of hydrogen-bond acceptors (Lipinski definition) is 5. The number of carbonyl (C=O) groups is 2. The molecule has 2 heterocycles. The number of amides is 2. The molecular formula is C29H27ClF4N4O4. The zero-order valence-corrected chi connectivity index (χ0v) is 23.4. The Morgan fingerprint density at radius 2 is 1.76 bits per heavy atom. The number of benzene rings is 2. The van der Waals surface area contributed by atoms with E-state index >= 15 is 0 Å². The van der Waals surface area contributed by atoms with Gasteiger partial charge in [-0.25, -0.2) is 27.3 Å². The Morgan fingerprint density at radius 1 is 1.07 bits per heavy atom. The highest BCUT2D eigenvalue weighted by Gasteiger charge is 2.32. The maximum atomic E-state index is 14.1. The summed E-state index contributed by atoms with van der Waals surface area (Å²) in [7, 11) is 0. The number of hydrogen-bond donors (Lipinski definition) is 2. The molecule has 0 aliphatic carbocycles. The molecule has 0 saturated carbocycles. The van der Waals surface area contributed by atoms with Crippen molar-refractivity contribution in [2.45, 2.75) is 45.4 Å². The number of rotatable bonds is 11. The van der Waals surface area contributed by atoms with Crippen molar-refractivity contribution in [2.24, 2.45) is 0 Å². The molecule has 0 fully saturated rings. The van der Waals surface area contributed by atoms with Gasteiger partial charge in [-0.2, -0.15) is 0 Å². The molecule has 13 heteroatoms. The number of fused-ring (bicyclic) bond motifs is 1. The number of halogens is 5. The highest BCUT2D eigenvalue weighted by atomic mass is 35.5. The van der Waals surface area contributed by atoms with Crippen LogP contribution in [0.25, 0.3) is 5.65 Å².